The van der Waals surface area contributed by atoms with Crippen molar-refractivity contribution < 1.29 is 14.3 Å². The molecular weight excluding hydrogens is 340 g/mol. The van der Waals surface area contributed by atoms with E-state index in [2.05, 4.69) is 30.3 Å². The molecule has 0 N–H and O–H groups in total. The van der Waals surface area contributed by atoms with Gasteiger partial charge in [-0.1, -0.05) is 30.3 Å². The molecule has 138 valence electrons. The van der Waals surface area contributed by atoms with Crippen LogP contribution in [0.25, 0.3) is 11.1 Å². The first-order valence-corrected chi connectivity index (χ1v) is 9.57. The fourth-order valence-electron chi connectivity index (χ4n) is 4.02. The van der Waals surface area contributed by atoms with Crippen LogP contribution in [-0.2, 0) is 17.8 Å². The van der Waals surface area contributed by atoms with Gasteiger partial charge in [0.2, 0.25) is 0 Å². The standard InChI is InChI=1S/C22H22N2O3/c1-14-11-23(22(26)27-14)12-15-2-4-16(5-3-15)17-6-9-20-18(10-17)13-24(21(20)25)19-7-8-19/h2-6,9-10,14,19H,7-8,11-13H2,1H3. The summed E-state index contributed by atoms with van der Waals surface area (Å²) in [4.78, 5) is 28.0. The molecule has 5 heteroatoms. The van der Waals surface area contributed by atoms with Crippen LogP contribution in [0, 0.1) is 0 Å². The van der Waals surface area contributed by atoms with Crippen LogP contribution in [0.4, 0.5) is 4.79 Å². The van der Waals surface area contributed by atoms with Gasteiger partial charge in [0.05, 0.1) is 6.54 Å². The van der Waals surface area contributed by atoms with Gasteiger partial charge in [0.15, 0.2) is 0 Å². The maximum Gasteiger partial charge on any atom is 0.410 e. The quantitative estimate of drug-likeness (QED) is 0.831. The molecule has 0 aromatic heterocycles. The zero-order chi connectivity index (χ0) is 18.5. The average Bonchev–Trinajstić information content (AvgIpc) is 3.39. The minimum Gasteiger partial charge on any atom is -0.444 e. The third-order valence-electron chi connectivity index (χ3n) is 5.62. The summed E-state index contributed by atoms with van der Waals surface area (Å²) in [7, 11) is 0. The highest BCUT2D eigenvalue weighted by molar-refractivity contribution is 5.99. The van der Waals surface area contributed by atoms with Crippen molar-refractivity contribution in [3.8, 4) is 11.1 Å². The Morgan fingerprint density at radius 3 is 2.44 bits per heavy atom. The molecule has 1 atom stereocenters. The second-order valence-electron chi connectivity index (χ2n) is 7.81. The minimum atomic E-state index is -0.241. The average molecular weight is 362 g/mol. The Kier molecular flexibility index (Phi) is 3.71. The molecule has 5 nitrogen and oxygen atoms in total. The number of cyclic esters (lactones) is 1. The molecule has 2 amide bonds. The number of carbonyl (C=O) groups excluding carboxylic acids is 2. The summed E-state index contributed by atoms with van der Waals surface area (Å²) in [5.74, 6) is 0.182. The Balaban J connectivity index is 1.33. The van der Waals surface area contributed by atoms with E-state index < -0.39 is 0 Å². The van der Waals surface area contributed by atoms with E-state index in [0.717, 1.165) is 47.2 Å². The summed E-state index contributed by atoms with van der Waals surface area (Å²) in [6.07, 6.45) is 1.99. The Bertz CT molecular complexity index is 918. The van der Waals surface area contributed by atoms with E-state index in [-0.39, 0.29) is 18.1 Å². The van der Waals surface area contributed by atoms with Crippen LogP contribution >= 0.6 is 0 Å². The lowest BCUT2D eigenvalue weighted by atomic mass is 9.99. The maximum absolute atomic E-state index is 12.5. The summed E-state index contributed by atoms with van der Waals surface area (Å²) in [6, 6.07) is 14.9. The summed E-state index contributed by atoms with van der Waals surface area (Å²) in [6.45, 7) is 3.85. The zero-order valence-electron chi connectivity index (χ0n) is 15.4. The molecule has 0 spiro atoms. The number of hydrogen-bond donors (Lipinski definition) is 0. The number of ether oxygens (including phenoxy) is 1. The highest BCUT2D eigenvalue weighted by Crippen LogP contribution is 2.36. The monoisotopic (exact) mass is 362 g/mol. The van der Waals surface area contributed by atoms with Crippen molar-refractivity contribution in [3.05, 3.63) is 59.2 Å². The number of amides is 2. The van der Waals surface area contributed by atoms with Crippen LogP contribution in [0.2, 0.25) is 0 Å². The minimum absolute atomic E-state index is 0.0406. The van der Waals surface area contributed by atoms with Gasteiger partial charge in [-0.3, -0.25) is 4.79 Å². The topological polar surface area (TPSA) is 49.9 Å². The SMILES string of the molecule is CC1CN(Cc2ccc(-c3ccc4c(c3)CN(C3CC3)C4=O)cc2)C(=O)O1. The van der Waals surface area contributed by atoms with Crippen molar-refractivity contribution >= 4 is 12.0 Å². The van der Waals surface area contributed by atoms with Gasteiger partial charge >= 0.3 is 6.09 Å². The number of benzene rings is 2. The molecule has 2 fully saturated rings. The first kappa shape index (κ1) is 16.4. The van der Waals surface area contributed by atoms with Crippen LogP contribution in [0.3, 0.4) is 0 Å². The molecule has 2 aliphatic heterocycles. The van der Waals surface area contributed by atoms with Crippen molar-refractivity contribution in [2.24, 2.45) is 0 Å². The van der Waals surface area contributed by atoms with Crippen molar-refractivity contribution in [2.45, 2.75) is 45.0 Å². The Labute approximate surface area is 158 Å². The molecule has 0 radical (unpaired) electrons. The number of fused-ring (bicyclic) bond motifs is 1. The first-order chi connectivity index (χ1) is 13.1. The van der Waals surface area contributed by atoms with E-state index >= 15 is 0 Å². The van der Waals surface area contributed by atoms with E-state index in [9.17, 15) is 9.59 Å². The highest BCUT2D eigenvalue weighted by atomic mass is 16.6. The van der Waals surface area contributed by atoms with E-state index in [1.165, 1.54) is 0 Å². The fourth-order valence-corrected chi connectivity index (χ4v) is 4.02. The molecule has 1 unspecified atom stereocenters. The number of carbonyl (C=O) groups is 2. The number of nitrogens with zero attached hydrogens (tertiary/aromatic N) is 2. The van der Waals surface area contributed by atoms with Crippen molar-refractivity contribution in [1.82, 2.24) is 9.80 Å². The van der Waals surface area contributed by atoms with Crippen LogP contribution in [0.15, 0.2) is 42.5 Å². The van der Waals surface area contributed by atoms with Crippen LogP contribution < -0.4 is 0 Å². The fraction of sp³-hybridized carbons (Fsp3) is 0.364. The summed E-state index contributed by atoms with van der Waals surface area (Å²) >= 11 is 0. The lowest BCUT2D eigenvalue weighted by molar-refractivity contribution is 0.0766. The van der Waals surface area contributed by atoms with E-state index in [1.807, 2.05) is 24.0 Å². The Morgan fingerprint density at radius 1 is 1.04 bits per heavy atom. The smallest absolute Gasteiger partial charge is 0.410 e. The van der Waals surface area contributed by atoms with Gasteiger partial charge in [-0.05, 0) is 54.2 Å². The lowest BCUT2D eigenvalue weighted by Crippen LogP contribution is -2.25. The predicted molar refractivity (Wildman–Crippen MR) is 101 cm³/mol. The van der Waals surface area contributed by atoms with E-state index in [1.54, 1.807) is 4.90 Å². The molecule has 2 aromatic rings. The summed E-state index contributed by atoms with van der Waals surface area (Å²) in [5, 5.41) is 0. The van der Waals surface area contributed by atoms with Gasteiger partial charge < -0.3 is 14.5 Å². The third-order valence-corrected chi connectivity index (χ3v) is 5.62. The van der Waals surface area contributed by atoms with E-state index in [4.69, 9.17) is 4.74 Å². The number of rotatable bonds is 4. The van der Waals surface area contributed by atoms with Gasteiger partial charge in [0.1, 0.15) is 6.10 Å². The van der Waals surface area contributed by atoms with Crippen molar-refractivity contribution in [1.29, 1.82) is 0 Å². The predicted octanol–water partition coefficient (Wildman–Crippen LogP) is 3.81. The lowest BCUT2D eigenvalue weighted by Gasteiger charge is -2.13. The summed E-state index contributed by atoms with van der Waals surface area (Å²) in [5.41, 5.74) is 5.31. The molecule has 1 aliphatic carbocycles. The zero-order valence-corrected chi connectivity index (χ0v) is 15.4. The molecule has 1 saturated heterocycles. The second-order valence-corrected chi connectivity index (χ2v) is 7.81. The van der Waals surface area contributed by atoms with Crippen molar-refractivity contribution in [3.63, 3.8) is 0 Å². The second kappa shape index (κ2) is 6.12. The maximum atomic E-state index is 12.5. The van der Waals surface area contributed by atoms with Crippen molar-refractivity contribution in [2.75, 3.05) is 6.54 Å². The van der Waals surface area contributed by atoms with Crippen LogP contribution in [-0.4, -0.2) is 40.5 Å². The Morgan fingerprint density at radius 2 is 1.78 bits per heavy atom. The molecule has 5 rings (SSSR count). The van der Waals surface area contributed by atoms with Gasteiger partial charge in [-0.25, -0.2) is 4.79 Å². The molecule has 2 heterocycles. The molecule has 27 heavy (non-hydrogen) atoms. The normalized spacial score (nSPS) is 21.6. The van der Waals surface area contributed by atoms with Crippen LogP contribution in [0.1, 0.15) is 41.3 Å². The van der Waals surface area contributed by atoms with Gasteiger partial charge in [0, 0.05) is 24.7 Å². The molecule has 1 saturated carbocycles. The molecule has 0 bridgehead atoms. The Hall–Kier alpha value is -2.82. The largest absolute Gasteiger partial charge is 0.444 e. The highest BCUT2D eigenvalue weighted by Gasteiger charge is 2.38. The molecule has 2 aromatic carbocycles. The third kappa shape index (κ3) is 2.97. The molecular formula is C22H22N2O3. The van der Waals surface area contributed by atoms with Gasteiger partial charge in [-0.15, -0.1) is 0 Å². The first-order valence-electron chi connectivity index (χ1n) is 9.57. The van der Waals surface area contributed by atoms with E-state index in [0.29, 0.717) is 19.1 Å². The number of hydrogen-bond acceptors (Lipinski definition) is 3. The molecule has 3 aliphatic rings. The summed E-state index contributed by atoms with van der Waals surface area (Å²) < 4.78 is 5.18. The van der Waals surface area contributed by atoms with Gasteiger partial charge in [-0.2, -0.15) is 0 Å². The van der Waals surface area contributed by atoms with Gasteiger partial charge in [0.25, 0.3) is 5.91 Å². The van der Waals surface area contributed by atoms with Crippen LogP contribution in [0.5, 0.6) is 0 Å².